The zero-order chi connectivity index (χ0) is 26.7. The highest BCUT2D eigenvalue weighted by Gasteiger charge is 2.29. The Morgan fingerprint density at radius 2 is 1.74 bits per heavy atom. The number of allylic oxidation sites excluding steroid dienone is 1. The van der Waals surface area contributed by atoms with Crippen molar-refractivity contribution >= 4 is 27.4 Å². The first-order valence-corrected chi connectivity index (χ1v) is 14.0. The van der Waals surface area contributed by atoms with E-state index >= 15 is 0 Å². The van der Waals surface area contributed by atoms with Gasteiger partial charge >= 0.3 is 5.97 Å². The molecule has 2 aliphatic rings. The molecular formula is C29H29N3O5S. The van der Waals surface area contributed by atoms with Gasteiger partial charge in [0.25, 0.3) is 10.2 Å². The van der Waals surface area contributed by atoms with Gasteiger partial charge in [-0.25, -0.2) is 0 Å². The van der Waals surface area contributed by atoms with Crippen molar-refractivity contribution < 1.29 is 22.7 Å². The molecule has 8 nitrogen and oxygen atoms in total. The Hall–Kier alpha value is -3.84. The molecule has 1 aromatic heterocycles. The van der Waals surface area contributed by atoms with Crippen LogP contribution in [0.3, 0.4) is 0 Å². The minimum Gasteiger partial charge on any atom is -0.480 e. The molecular weight excluding hydrogens is 502 g/mol. The van der Waals surface area contributed by atoms with E-state index in [9.17, 15) is 13.2 Å². The molecule has 0 radical (unpaired) electrons. The van der Waals surface area contributed by atoms with Crippen molar-refractivity contribution in [1.82, 2.24) is 9.03 Å². The van der Waals surface area contributed by atoms with E-state index in [2.05, 4.69) is 45.7 Å². The highest BCUT2D eigenvalue weighted by atomic mass is 32.2. The van der Waals surface area contributed by atoms with Crippen molar-refractivity contribution in [2.24, 2.45) is 0 Å². The lowest BCUT2D eigenvalue weighted by molar-refractivity contribution is -0.138. The third kappa shape index (κ3) is 5.68. The van der Waals surface area contributed by atoms with Crippen LogP contribution in [0.25, 0.3) is 5.57 Å². The van der Waals surface area contributed by atoms with Crippen molar-refractivity contribution in [2.45, 2.75) is 25.8 Å². The minimum absolute atomic E-state index is 0.274. The molecule has 1 aliphatic carbocycles. The predicted molar refractivity (Wildman–Crippen MR) is 146 cm³/mol. The molecule has 0 bridgehead atoms. The lowest BCUT2D eigenvalue weighted by atomic mass is 9.88. The molecule has 2 aromatic carbocycles. The number of hydrogen-bond donors (Lipinski definition) is 2. The molecule has 2 N–H and O–H groups in total. The Balaban J connectivity index is 1.23. The van der Waals surface area contributed by atoms with E-state index < -0.39 is 22.2 Å². The fraction of sp³-hybridized carbons (Fsp3) is 0.276. The number of aliphatic carboxylic acids is 1. The molecule has 1 saturated heterocycles. The number of furan rings is 1. The predicted octanol–water partition coefficient (Wildman–Crippen LogP) is 3.49. The smallest absolute Gasteiger partial charge is 0.321 e. The van der Waals surface area contributed by atoms with E-state index in [-0.39, 0.29) is 13.1 Å². The number of rotatable bonds is 6. The van der Waals surface area contributed by atoms with Crippen LogP contribution in [0.2, 0.25) is 0 Å². The molecule has 38 heavy (non-hydrogen) atoms. The van der Waals surface area contributed by atoms with E-state index in [0.29, 0.717) is 13.1 Å². The topological polar surface area (TPSA) is 103 Å². The Kier molecular flexibility index (Phi) is 7.38. The maximum atomic E-state index is 12.4. The molecule has 1 atom stereocenters. The van der Waals surface area contributed by atoms with Crippen molar-refractivity contribution in [3.8, 4) is 11.8 Å². The third-order valence-electron chi connectivity index (χ3n) is 6.81. The van der Waals surface area contributed by atoms with Crippen LogP contribution in [0, 0.1) is 11.8 Å². The van der Waals surface area contributed by atoms with Crippen LogP contribution in [-0.2, 0) is 21.4 Å². The summed E-state index contributed by atoms with van der Waals surface area (Å²) < 4.78 is 34.0. The average Bonchev–Trinajstić information content (AvgIpc) is 3.46. The quantitative estimate of drug-likeness (QED) is 0.472. The molecule has 2 heterocycles. The fourth-order valence-corrected chi connectivity index (χ4v) is 6.05. The second-order valence-corrected chi connectivity index (χ2v) is 11.1. The highest BCUT2D eigenvalue weighted by molar-refractivity contribution is 7.87. The molecule has 0 saturated carbocycles. The zero-order valence-corrected chi connectivity index (χ0v) is 21.9. The lowest BCUT2D eigenvalue weighted by Crippen LogP contribution is -2.54. The maximum absolute atomic E-state index is 12.4. The van der Waals surface area contributed by atoms with Crippen LogP contribution in [0.5, 0.6) is 0 Å². The number of benzene rings is 2. The number of carboxylic acids is 1. The van der Waals surface area contributed by atoms with Gasteiger partial charge in [0.2, 0.25) is 0 Å². The maximum Gasteiger partial charge on any atom is 0.321 e. The van der Waals surface area contributed by atoms with Crippen LogP contribution >= 0.6 is 0 Å². The van der Waals surface area contributed by atoms with Crippen molar-refractivity contribution in [2.75, 3.05) is 31.1 Å². The summed E-state index contributed by atoms with van der Waals surface area (Å²) in [6, 6.07) is 17.0. The minimum atomic E-state index is -3.85. The van der Waals surface area contributed by atoms with Crippen LogP contribution in [0.1, 0.15) is 41.4 Å². The zero-order valence-electron chi connectivity index (χ0n) is 21.1. The number of aryl methyl sites for hydroxylation is 1. The van der Waals surface area contributed by atoms with Crippen molar-refractivity contribution in [3.63, 3.8) is 0 Å². The Morgan fingerprint density at radius 3 is 2.42 bits per heavy atom. The number of nitrogens with zero attached hydrogens (tertiary/aromatic N) is 2. The van der Waals surface area contributed by atoms with Gasteiger partial charge in [-0.1, -0.05) is 24.0 Å². The summed E-state index contributed by atoms with van der Waals surface area (Å²) in [5, 5.41) is 8.98. The van der Waals surface area contributed by atoms with Gasteiger partial charge in [-0.15, -0.1) is 0 Å². The molecule has 1 aliphatic heterocycles. The first-order valence-electron chi connectivity index (χ1n) is 12.5. The van der Waals surface area contributed by atoms with Gasteiger partial charge in [0.05, 0.1) is 6.26 Å². The molecule has 0 amide bonds. The number of carbonyl (C=O) groups is 1. The number of carboxylic acid groups (broad SMARTS) is 1. The summed E-state index contributed by atoms with van der Waals surface area (Å²) in [6.45, 7) is 2.87. The third-order valence-corrected chi connectivity index (χ3v) is 8.50. The second-order valence-electron chi connectivity index (χ2n) is 9.37. The summed E-state index contributed by atoms with van der Waals surface area (Å²) in [5.74, 6) is 6.19. The Morgan fingerprint density at radius 1 is 1.03 bits per heavy atom. The number of hydrogen-bond acceptors (Lipinski definition) is 5. The summed E-state index contributed by atoms with van der Waals surface area (Å²) >= 11 is 0. The van der Waals surface area contributed by atoms with E-state index in [0.717, 1.165) is 41.0 Å². The van der Waals surface area contributed by atoms with Gasteiger partial charge in [0, 0.05) is 48.6 Å². The molecule has 0 spiro atoms. The molecule has 196 valence electrons. The van der Waals surface area contributed by atoms with Crippen LogP contribution in [0.4, 0.5) is 5.69 Å². The average molecular weight is 532 g/mol. The SMILES string of the molecule is CC(NS(=O)(=O)N1CCN(c2ccc(C#Cc3ccc4c(c3)C(c3ccco3)=CCC4)cc2)CC1)C(=O)O. The van der Waals surface area contributed by atoms with E-state index in [1.54, 1.807) is 6.26 Å². The number of anilines is 1. The highest BCUT2D eigenvalue weighted by Crippen LogP contribution is 2.32. The van der Waals surface area contributed by atoms with E-state index in [1.165, 1.54) is 22.4 Å². The normalized spacial score (nSPS) is 16.7. The van der Waals surface area contributed by atoms with Gasteiger partial charge in [-0.05, 0) is 79.4 Å². The molecule has 9 heteroatoms. The molecule has 5 rings (SSSR count). The van der Waals surface area contributed by atoms with Gasteiger partial charge in [0.1, 0.15) is 11.8 Å². The standard InChI is InChI=1S/C29H29N3O5S/c1-21(29(33)34)30-38(35,36)32-17-15-31(16-18-32)25-13-10-22(11-14-25)7-8-23-9-12-24-4-2-5-26(27(24)20-23)28-6-3-19-37-28/h3,5-6,9-14,19-21,30H,2,4,15-18H2,1H3,(H,33,34). The van der Waals surface area contributed by atoms with Gasteiger partial charge in [-0.2, -0.15) is 17.4 Å². The number of piperazine rings is 1. The fourth-order valence-electron chi connectivity index (χ4n) is 4.70. The van der Waals surface area contributed by atoms with E-state index in [1.807, 2.05) is 36.4 Å². The lowest BCUT2D eigenvalue weighted by Gasteiger charge is -2.35. The molecule has 1 fully saturated rings. The first-order chi connectivity index (χ1) is 18.3. The summed E-state index contributed by atoms with van der Waals surface area (Å²) in [5.41, 5.74) is 6.40. The summed E-state index contributed by atoms with van der Waals surface area (Å²) in [7, 11) is -3.85. The van der Waals surface area contributed by atoms with Gasteiger partial charge < -0.3 is 14.4 Å². The number of nitrogens with one attached hydrogen (secondary N) is 1. The molecule has 1 unspecified atom stereocenters. The summed E-state index contributed by atoms with van der Waals surface area (Å²) in [4.78, 5) is 13.1. The van der Waals surface area contributed by atoms with E-state index in [4.69, 9.17) is 9.52 Å². The largest absolute Gasteiger partial charge is 0.480 e. The number of fused-ring (bicyclic) bond motifs is 1. The monoisotopic (exact) mass is 531 g/mol. The van der Waals surface area contributed by atoms with Crippen LogP contribution < -0.4 is 9.62 Å². The molecule has 3 aromatic rings. The van der Waals surface area contributed by atoms with Gasteiger partial charge in [-0.3, -0.25) is 4.79 Å². The van der Waals surface area contributed by atoms with Crippen molar-refractivity contribution in [3.05, 3.63) is 95.0 Å². The van der Waals surface area contributed by atoms with Gasteiger partial charge in [0.15, 0.2) is 0 Å². The Labute approximate surface area is 222 Å². The first kappa shape index (κ1) is 25.8. The van der Waals surface area contributed by atoms with Crippen molar-refractivity contribution in [1.29, 1.82) is 0 Å². The van der Waals surface area contributed by atoms with Crippen LogP contribution in [-0.4, -0.2) is 56.0 Å². The van der Waals surface area contributed by atoms with Crippen LogP contribution in [0.15, 0.2) is 71.4 Å². The Bertz CT molecular complexity index is 1510. The summed E-state index contributed by atoms with van der Waals surface area (Å²) in [6.07, 6.45) is 5.91. The second kappa shape index (κ2) is 10.9.